The second kappa shape index (κ2) is 7.48. The molecule has 2 aromatic rings. The molecule has 0 aromatic carbocycles. The van der Waals surface area contributed by atoms with Gasteiger partial charge in [-0.3, -0.25) is 14.9 Å². The van der Waals surface area contributed by atoms with Gasteiger partial charge in [-0.05, 0) is 55.4 Å². The maximum absolute atomic E-state index is 12.4. The van der Waals surface area contributed by atoms with Gasteiger partial charge in [-0.25, -0.2) is 4.98 Å². The van der Waals surface area contributed by atoms with Crippen LogP contribution in [0.15, 0.2) is 22.9 Å². The van der Waals surface area contributed by atoms with Crippen molar-refractivity contribution in [2.75, 3.05) is 5.32 Å². The summed E-state index contributed by atoms with van der Waals surface area (Å²) in [7, 11) is 0. The number of thiazole rings is 1. The van der Waals surface area contributed by atoms with Gasteiger partial charge in [0.25, 0.3) is 5.91 Å². The minimum Gasteiger partial charge on any atom is -0.353 e. The number of hydrogen-bond donors (Lipinski definition) is 2. The van der Waals surface area contributed by atoms with Gasteiger partial charge in [-0.1, -0.05) is 12.5 Å². The summed E-state index contributed by atoms with van der Waals surface area (Å²) in [6.45, 7) is 2.14. The molecule has 2 bridgehead atoms. The van der Waals surface area contributed by atoms with Crippen molar-refractivity contribution in [2.24, 2.45) is 17.8 Å². The Kier molecular flexibility index (Phi) is 5.09. The highest BCUT2D eigenvalue weighted by Gasteiger charge is 2.42. The molecular formula is C19H23N3O2S2. The summed E-state index contributed by atoms with van der Waals surface area (Å²) in [6.07, 6.45) is 5.58. The molecule has 2 N–H and O–H groups in total. The van der Waals surface area contributed by atoms with E-state index in [4.69, 9.17) is 0 Å². The van der Waals surface area contributed by atoms with Crippen LogP contribution in [0.2, 0.25) is 0 Å². The number of anilines is 1. The number of carbonyl (C=O) groups excluding carboxylic acids is 2. The van der Waals surface area contributed by atoms with Crippen molar-refractivity contribution in [3.63, 3.8) is 0 Å². The zero-order valence-corrected chi connectivity index (χ0v) is 16.4. The molecule has 7 heteroatoms. The topological polar surface area (TPSA) is 71.1 Å². The number of nitrogens with one attached hydrogen (secondary N) is 2. The lowest BCUT2D eigenvalue weighted by molar-refractivity contribution is -0.121. The molecule has 0 spiro atoms. The molecule has 5 nitrogen and oxygen atoms in total. The SMILES string of the molecule is CC(NC(=O)Cc1csc(NC(=O)c2cccs2)n1)C1CC2CCC1C2. The Morgan fingerprint density at radius 3 is 2.88 bits per heavy atom. The molecule has 0 saturated heterocycles. The van der Waals surface area contributed by atoms with E-state index in [1.54, 1.807) is 6.07 Å². The first-order valence-corrected chi connectivity index (χ1v) is 10.9. The van der Waals surface area contributed by atoms with E-state index < -0.39 is 0 Å². The molecule has 2 aliphatic carbocycles. The largest absolute Gasteiger partial charge is 0.353 e. The molecule has 4 atom stereocenters. The molecule has 138 valence electrons. The van der Waals surface area contributed by atoms with E-state index in [9.17, 15) is 9.59 Å². The lowest BCUT2D eigenvalue weighted by Gasteiger charge is -2.28. The maximum Gasteiger partial charge on any atom is 0.267 e. The zero-order chi connectivity index (χ0) is 18.1. The summed E-state index contributed by atoms with van der Waals surface area (Å²) in [4.78, 5) is 29.4. The molecule has 0 aliphatic heterocycles. The van der Waals surface area contributed by atoms with Crippen molar-refractivity contribution in [1.29, 1.82) is 0 Å². The minimum atomic E-state index is -0.157. The summed E-state index contributed by atoms with van der Waals surface area (Å²) in [5.74, 6) is 2.18. The molecule has 2 aromatic heterocycles. The Morgan fingerprint density at radius 1 is 1.31 bits per heavy atom. The van der Waals surface area contributed by atoms with Crippen LogP contribution in [-0.2, 0) is 11.2 Å². The Hall–Kier alpha value is -1.73. The molecule has 2 saturated carbocycles. The standard InChI is InChI=1S/C19H23N3O2S2/c1-11(15-8-12-4-5-13(15)7-12)20-17(23)9-14-10-26-19(21-14)22-18(24)16-3-2-6-25-16/h2-3,6,10-13,15H,4-5,7-9H2,1H3,(H,20,23)(H,21,22,24). The normalized spacial score (nSPS) is 25.2. The van der Waals surface area contributed by atoms with E-state index in [1.165, 1.54) is 48.4 Å². The van der Waals surface area contributed by atoms with Crippen LogP contribution in [-0.4, -0.2) is 22.8 Å². The molecule has 26 heavy (non-hydrogen) atoms. The Bertz CT molecular complexity index is 787. The predicted octanol–water partition coefficient (Wildman–Crippen LogP) is 3.94. The summed E-state index contributed by atoms with van der Waals surface area (Å²) < 4.78 is 0. The summed E-state index contributed by atoms with van der Waals surface area (Å²) in [6, 6.07) is 3.85. The fraction of sp³-hybridized carbons (Fsp3) is 0.526. The van der Waals surface area contributed by atoms with E-state index in [2.05, 4.69) is 22.5 Å². The van der Waals surface area contributed by atoms with E-state index in [0.29, 0.717) is 21.6 Å². The lowest BCUT2D eigenvalue weighted by atomic mass is 9.84. The Balaban J connectivity index is 1.28. The quantitative estimate of drug-likeness (QED) is 0.786. The molecular weight excluding hydrogens is 366 g/mol. The average Bonchev–Trinajstić information content (AvgIpc) is 3.39. The van der Waals surface area contributed by atoms with Gasteiger partial charge in [0.15, 0.2) is 5.13 Å². The fourth-order valence-electron chi connectivity index (χ4n) is 4.49. The first-order chi connectivity index (χ1) is 12.6. The zero-order valence-electron chi connectivity index (χ0n) is 14.7. The van der Waals surface area contributed by atoms with Crippen molar-refractivity contribution < 1.29 is 9.59 Å². The lowest BCUT2D eigenvalue weighted by Crippen LogP contribution is -2.40. The molecule has 0 radical (unpaired) electrons. The van der Waals surface area contributed by atoms with Crippen LogP contribution in [0.5, 0.6) is 0 Å². The number of amides is 2. The van der Waals surface area contributed by atoms with Gasteiger partial charge < -0.3 is 5.32 Å². The summed E-state index contributed by atoms with van der Waals surface area (Å²) in [5.41, 5.74) is 0.703. The Morgan fingerprint density at radius 2 is 2.19 bits per heavy atom. The van der Waals surface area contributed by atoms with Gasteiger partial charge in [0.1, 0.15) is 0 Å². The highest BCUT2D eigenvalue weighted by Crippen LogP contribution is 2.49. The number of fused-ring (bicyclic) bond motifs is 2. The van der Waals surface area contributed by atoms with Crippen molar-refractivity contribution in [3.8, 4) is 0 Å². The van der Waals surface area contributed by atoms with Gasteiger partial charge >= 0.3 is 0 Å². The smallest absolute Gasteiger partial charge is 0.267 e. The van der Waals surface area contributed by atoms with Crippen LogP contribution < -0.4 is 10.6 Å². The first-order valence-electron chi connectivity index (χ1n) is 9.17. The van der Waals surface area contributed by atoms with Gasteiger partial charge in [0.05, 0.1) is 17.0 Å². The number of carbonyl (C=O) groups is 2. The molecule has 2 heterocycles. The third-order valence-electron chi connectivity index (χ3n) is 5.68. The minimum absolute atomic E-state index is 0.0155. The molecule has 4 unspecified atom stereocenters. The highest BCUT2D eigenvalue weighted by atomic mass is 32.1. The van der Waals surface area contributed by atoms with E-state index >= 15 is 0 Å². The number of hydrogen-bond acceptors (Lipinski definition) is 5. The Labute approximate surface area is 161 Å². The van der Waals surface area contributed by atoms with Crippen LogP contribution in [0.25, 0.3) is 0 Å². The van der Waals surface area contributed by atoms with Gasteiger partial charge in [0.2, 0.25) is 5.91 Å². The van der Waals surface area contributed by atoms with Gasteiger partial charge in [-0.2, -0.15) is 0 Å². The second-order valence-electron chi connectivity index (χ2n) is 7.45. The van der Waals surface area contributed by atoms with Crippen molar-refractivity contribution in [1.82, 2.24) is 10.3 Å². The molecule has 2 fully saturated rings. The van der Waals surface area contributed by atoms with E-state index in [-0.39, 0.29) is 24.3 Å². The van der Waals surface area contributed by atoms with Crippen molar-refractivity contribution in [3.05, 3.63) is 33.5 Å². The summed E-state index contributed by atoms with van der Waals surface area (Å²) >= 11 is 2.74. The molecule has 4 rings (SSSR count). The van der Waals surface area contributed by atoms with Crippen LogP contribution >= 0.6 is 22.7 Å². The van der Waals surface area contributed by atoms with Crippen LogP contribution in [0.4, 0.5) is 5.13 Å². The van der Waals surface area contributed by atoms with Crippen LogP contribution in [0.1, 0.15) is 48.0 Å². The highest BCUT2D eigenvalue weighted by molar-refractivity contribution is 7.14. The third-order valence-corrected chi connectivity index (χ3v) is 7.36. The predicted molar refractivity (Wildman–Crippen MR) is 105 cm³/mol. The number of rotatable bonds is 6. The van der Waals surface area contributed by atoms with Gasteiger partial charge in [-0.15, -0.1) is 22.7 Å². The van der Waals surface area contributed by atoms with Crippen molar-refractivity contribution >= 4 is 39.6 Å². The third kappa shape index (κ3) is 3.83. The monoisotopic (exact) mass is 389 g/mol. The number of aromatic nitrogens is 1. The van der Waals surface area contributed by atoms with E-state index in [1.807, 2.05) is 16.8 Å². The number of nitrogens with zero attached hydrogens (tertiary/aromatic N) is 1. The first kappa shape index (κ1) is 17.7. The van der Waals surface area contributed by atoms with Crippen LogP contribution in [0.3, 0.4) is 0 Å². The van der Waals surface area contributed by atoms with Crippen LogP contribution in [0, 0.1) is 17.8 Å². The fourth-order valence-corrected chi connectivity index (χ4v) is 5.82. The van der Waals surface area contributed by atoms with Crippen molar-refractivity contribution in [2.45, 2.75) is 45.1 Å². The molecule has 2 amide bonds. The maximum atomic E-state index is 12.4. The second-order valence-corrected chi connectivity index (χ2v) is 9.25. The molecule has 2 aliphatic rings. The average molecular weight is 390 g/mol. The summed E-state index contributed by atoms with van der Waals surface area (Å²) in [5, 5.41) is 10.2. The van der Waals surface area contributed by atoms with Gasteiger partial charge in [0, 0.05) is 11.4 Å². The number of thiophene rings is 1. The van der Waals surface area contributed by atoms with E-state index in [0.717, 1.165) is 11.8 Å².